The van der Waals surface area contributed by atoms with Crippen LogP contribution in [0.3, 0.4) is 0 Å². The molecular weight excluding hydrogens is 326 g/mol. The van der Waals surface area contributed by atoms with Crippen LogP contribution in [0.15, 0.2) is 48.5 Å². The van der Waals surface area contributed by atoms with E-state index in [0.29, 0.717) is 0 Å². The largest absolute Gasteiger partial charge is 0.455 e. The maximum atomic E-state index is 12.5. The fourth-order valence-corrected chi connectivity index (χ4v) is 3.16. The topological polar surface area (TPSA) is 55.4 Å². The van der Waals surface area contributed by atoms with Crippen LogP contribution < -0.4 is 5.32 Å². The van der Waals surface area contributed by atoms with Crippen LogP contribution in [0.5, 0.6) is 0 Å². The molecule has 1 atom stereocenters. The summed E-state index contributed by atoms with van der Waals surface area (Å²) in [7, 11) is 0. The lowest BCUT2D eigenvalue weighted by molar-refractivity contribution is -0.151. The van der Waals surface area contributed by atoms with Crippen molar-refractivity contribution < 1.29 is 14.3 Å². The van der Waals surface area contributed by atoms with Crippen molar-refractivity contribution in [2.75, 3.05) is 6.61 Å². The van der Waals surface area contributed by atoms with Crippen molar-refractivity contribution in [1.29, 1.82) is 0 Å². The molecule has 0 aliphatic heterocycles. The van der Waals surface area contributed by atoms with Crippen LogP contribution in [0.4, 0.5) is 0 Å². The Morgan fingerprint density at radius 2 is 1.77 bits per heavy atom. The lowest BCUT2D eigenvalue weighted by Crippen LogP contribution is -2.33. The molecular formula is C22H25NO3. The van der Waals surface area contributed by atoms with Crippen molar-refractivity contribution in [2.24, 2.45) is 0 Å². The fourth-order valence-electron chi connectivity index (χ4n) is 3.16. The molecule has 26 heavy (non-hydrogen) atoms. The minimum Gasteiger partial charge on any atom is -0.455 e. The second-order valence-corrected chi connectivity index (χ2v) is 7.16. The number of carbonyl (C=O) groups excluding carboxylic acids is 2. The molecule has 0 heterocycles. The summed E-state index contributed by atoms with van der Waals surface area (Å²) in [5.74, 6) is -0.592. The van der Waals surface area contributed by atoms with Gasteiger partial charge in [0, 0.05) is 0 Å². The number of amides is 1. The van der Waals surface area contributed by atoms with Gasteiger partial charge in [0.25, 0.3) is 5.91 Å². The van der Waals surface area contributed by atoms with Gasteiger partial charge >= 0.3 is 5.97 Å². The quantitative estimate of drug-likeness (QED) is 0.806. The summed E-state index contributed by atoms with van der Waals surface area (Å²) in [5.41, 5.74) is 3.86. The molecule has 1 N–H and O–H groups in total. The third-order valence-electron chi connectivity index (χ3n) is 5.21. The van der Waals surface area contributed by atoms with Crippen LogP contribution in [0, 0.1) is 13.8 Å². The highest BCUT2D eigenvalue weighted by molar-refractivity contribution is 5.89. The van der Waals surface area contributed by atoms with Crippen LogP contribution in [-0.2, 0) is 19.7 Å². The maximum absolute atomic E-state index is 12.5. The van der Waals surface area contributed by atoms with Gasteiger partial charge in [-0.05, 0) is 55.9 Å². The smallest absolute Gasteiger partial charge is 0.317 e. The standard InChI is InChI=1S/C22H25NO3/c1-15-9-10-18(13-16(15)2)17(3)23-20(24)14-26-21(25)22(11-12-22)19-7-5-4-6-8-19/h4-10,13,17H,11-12,14H2,1-3H3,(H,23,24)/t17-/m1/s1. The SMILES string of the molecule is Cc1ccc([C@@H](C)NC(=O)COC(=O)C2(c3ccccc3)CC2)cc1C. The average Bonchev–Trinajstić information content (AvgIpc) is 3.44. The number of rotatable bonds is 6. The number of benzene rings is 2. The van der Waals surface area contributed by atoms with E-state index in [9.17, 15) is 9.59 Å². The summed E-state index contributed by atoms with van der Waals surface area (Å²) >= 11 is 0. The van der Waals surface area contributed by atoms with Crippen molar-refractivity contribution >= 4 is 11.9 Å². The van der Waals surface area contributed by atoms with Gasteiger partial charge in [-0.2, -0.15) is 0 Å². The predicted molar refractivity (Wildman–Crippen MR) is 101 cm³/mol. The molecule has 1 aliphatic rings. The van der Waals surface area contributed by atoms with Crippen molar-refractivity contribution in [3.63, 3.8) is 0 Å². The van der Waals surface area contributed by atoms with Gasteiger partial charge in [-0.3, -0.25) is 9.59 Å². The molecule has 0 spiro atoms. The van der Waals surface area contributed by atoms with E-state index in [1.807, 2.05) is 56.3 Å². The minimum absolute atomic E-state index is 0.135. The molecule has 0 aromatic heterocycles. The van der Waals surface area contributed by atoms with E-state index in [2.05, 4.69) is 18.3 Å². The number of hydrogen-bond acceptors (Lipinski definition) is 3. The van der Waals surface area contributed by atoms with Crippen LogP contribution in [0.25, 0.3) is 0 Å². The van der Waals surface area contributed by atoms with Gasteiger partial charge in [0.2, 0.25) is 0 Å². The van der Waals surface area contributed by atoms with Gasteiger partial charge in [0.1, 0.15) is 0 Å². The van der Waals surface area contributed by atoms with Crippen LogP contribution in [0.1, 0.15) is 48.1 Å². The van der Waals surface area contributed by atoms with E-state index < -0.39 is 5.41 Å². The van der Waals surface area contributed by atoms with E-state index in [0.717, 1.165) is 24.0 Å². The Bertz CT molecular complexity index is 809. The molecule has 3 rings (SSSR count). The highest BCUT2D eigenvalue weighted by atomic mass is 16.5. The molecule has 0 bridgehead atoms. The zero-order chi connectivity index (χ0) is 18.7. The molecule has 1 fully saturated rings. The molecule has 136 valence electrons. The Labute approximate surface area is 154 Å². The summed E-state index contributed by atoms with van der Waals surface area (Å²) in [6.45, 7) is 5.79. The number of ether oxygens (including phenoxy) is 1. The lowest BCUT2D eigenvalue weighted by atomic mass is 9.96. The molecule has 1 aliphatic carbocycles. The normalized spacial score (nSPS) is 15.8. The molecule has 0 unspecified atom stereocenters. The maximum Gasteiger partial charge on any atom is 0.317 e. The highest BCUT2D eigenvalue weighted by Gasteiger charge is 2.52. The Balaban J connectivity index is 1.54. The number of aryl methyl sites for hydroxylation is 2. The van der Waals surface area contributed by atoms with Crippen LogP contribution >= 0.6 is 0 Å². The molecule has 0 saturated heterocycles. The van der Waals surface area contributed by atoms with Gasteiger partial charge < -0.3 is 10.1 Å². The van der Waals surface area contributed by atoms with E-state index in [4.69, 9.17) is 4.74 Å². The summed E-state index contributed by atoms with van der Waals surface area (Å²) in [6.07, 6.45) is 1.55. The Kier molecular flexibility index (Phi) is 5.12. The third-order valence-corrected chi connectivity index (χ3v) is 5.21. The van der Waals surface area contributed by atoms with Gasteiger partial charge in [-0.15, -0.1) is 0 Å². The molecule has 4 heteroatoms. The highest BCUT2D eigenvalue weighted by Crippen LogP contribution is 2.49. The van der Waals surface area contributed by atoms with Gasteiger partial charge in [0.05, 0.1) is 11.5 Å². The van der Waals surface area contributed by atoms with Crippen LogP contribution in [0.2, 0.25) is 0 Å². The first-order valence-corrected chi connectivity index (χ1v) is 9.02. The van der Waals surface area contributed by atoms with E-state index in [-0.39, 0.29) is 24.5 Å². The molecule has 0 radical (unpaired) electrons. The second kappa shape index (κ2) is 7.32. The molecule has 2 aromatic carbocycles. The Hall–Kier alpha value is -2.62. The molecule has 2 aromatic rings. The summed E-state index contributed by atoms with van der Waals surface area (Å²) in [6, 6.07) is 15.6. The number of carbonyl (C=O) groups is 2. The molecule has 1 amide bonds. The number of esters is 1. The first kappa shape index (κ1) is 18.2. The van der Waals surface area contributed by atoms with E-state index >= 15 is 0 Å². The fraction of sp³-hybridized carbons (Fsp3) is 0.364. The monoisotopic (exact) mass is 351 g/mol. The third kappa shape index (κ3) is 3.79. The first-order valence-electron chi connectivity index (χ1n) is 9.02. The summed E-state index contributed by atoms with van der Waals surface area (Å²) in [5, 5.41) is 2.89. The Morgan fingerprint density at radius 1 is 1.08 bits per heavy atom. The zero-order valence-corrected chi connectivity index (χ0v) is 15.5. The zero-order valence-electron chi connectivity index (χ0n) is 15.5. The summed E-state index contributed by atoms with van der Waals surface area (Å²) in [4.78, 5) is 24.6. The van der Waals surface area contributed by atoms with Gasteiger partial charge in [0.15, 0.2) is 6.61 Å². The van der Waals surface area contributed by atoms with Crippen molar-refractivity contribution in [1.82, 2.24) is 5.32 Å². The van der Waals surface area contributed by atoms with Crippen molar-refractivity contribution in [2.45, 2.75) is 45.1 Å². The van der Waals surface area contributed by atoms with Gasteiger partial charge in [-0.1, -0.05) is 48.5 Å². The second-order valence-electron chi connectivity index (χ2n) is 7.16. The average molecular weight is 351 g/mol. The predicted octanol–water partition coefficient (Wildman–Crippen LogP) is 3.76. The van der Waals surface area contributed by atoms with Crippen molar-refractivity contribution in [3.8, 4) is 0 Å². The van der Waals surface area contributed by atoms with Crippen molar-refractivity contribution in [3.05, 3.63) is 70.8 Å². The van der Waals surface area contributed by atoms with E-state index in [1.54, 1.807) is 0 Å². The van der Waals surface area contributed by atoms with Gasteiger partial charge in [-0.25, -0.2) is 0 Å². The van der Waals surface area contributed by atoms with Crippen LogP contribution in [-0.4, -0.2) is 18.5 Å². The first-order chi connectivity index (χ1) is 12.4. The summed E-state index contributed by atoms with van der Waals surface area (Å²) < 4.78 is 5.31. The molecule has 4 nitrogen and oxygen atoms in total. The Morgan fingerprint density at radius 3 is 2.38 bits per heavy atom. The van der Waals surface area contributed by atoms with E-state index in [1.165, 1.54) is 11.1 Å². The lowest BCUT2D eigenvalue weighted by Gasteiger charge is -2.17. The number of hydrogen-bond donors (Lipinski definition) is 1. The molecule has 1 saturated carbocycles. The number of nitrogens with one attached hydrogen (secondary N) is 1. The minimum atomic E-state index is -0.554.